The van der Waals surface area contributed by atoms with Crippen LogP contribution in [0.5, 0.6) is 0 Å². The van der Waals surface area contributed by atoms with E-state index in [1.165, 1.54) is 18.4 Å². The number of benzene rings is 1. The van der Waals surface area contributed by atoms with E-state index in [9.17, 15) is 4.79 Å². The lowest BCUT2D eigenvalue weighted by atomic mass is 10.0. The number of nitrogens with one attached hydrogen (secondary N) is 1. The van der Waals surface area contributed by atoms with Crippen LogP contribution in [0.2, 0.25) is 0 Å². The molecule has 1 saturated carbocycles. The van der Waals surface area contributed by atoms with Gasteiger partial charge in [-0.25, -0.2) is 0 Å². The molecule has 3 heteroatoms. The summed E-state index contributed by atoms with van der Waals surface area (Å²) in [7, 11) is 0. The summed E-state index contributed by atoms with van der Waals surface area (Å²) in [6, 6.07) is 14.2. The zero-order chi connectivity index (χ0) is 13.8. The first-order chi connectivity index (χ1) is 9.83. The lowest BCUT2D eigenvalue weighted by molar-refractivity contribution is -0.122. The van der Waals surface area contributed by atoms with E-state index in [2.05, 4.69) is 17.4 Å². The molecule has 1 fully saturated rings. The highest BCUT2D eigenvalue weighted by molar-refractivity contribution is 5.76. The maximum atomic E-state index is 12.1. The third-order valence-electron chi connectivity index (χ3n) is 3.75. The van der Waals surface area contributed by atoms with E-state index in [-0.39, 0.29) is 11.9 Å². The van der Waals surface area contributed by atoms with Crippen molar-refractivity contribution in [2.45, 2.75) is 31.7 Å². The van der Waals surface area contributed by atoms with Crippen molar-refractivity contribution in [2.75, 3.05) is 0 Å². The van der Waals surface area contributed by atoms with Crippen LogP contribution in [0.15, 0.2) is 53.1 Å². The van der Waals surface area contributed by atoms with Crippen LogP contribution in [0.4, 0.5) is 0 Å². The molecule has 1 amide bonds. The van der Waals surface area contributed by atoms with Crippen molar-refractivity contribution >= 4 is 5.91 Å². The third kappa shape index (κ3) is 3.29. The van der Waals surface area contributed by atoms with Gasteiger partial charge in [0, 0.05) is 12.8 Å². The summed E-state index contributed by atoms with van der Waals surface area (Å²) in [5.74, 6) is 1.56. The standard InChI is InChI=1S/C17H19NO2/c19-16(11-10-15-7-4-12-20-15)18-17(14-8-9-14)13-5-2-1-3-6-13/h1-7,12,14,17H,8-11H2,(H,18,19). The zero-order valence-corrected chi connectivity index (χ0v) is 11.4. The van der Waals surface area contributed by atoms with Crippen LogP contribution in [0.3, 0.4) is 0 Å². The fourth-order valence-electron chi connectivity index (χ4n) is 2.50. The second-order valence-electron chi connectivity index (χ2n) is 5.37. The Labute approximate surface area is 119 Å². The van der Waals surface area contributed by atoms with Crippen molar-refractivity contribution in [1.82, 2.24) is 5.32 Å². The molecule has 1 unspecified atom stereocenters. The molecule has 104 valence electrons. The van der Waals surface area contributed by atoms with E-state index in [1.807, 2.05) is 30.3 Å². The largest absolute Gasteiger partial charge is 0.469 e. The first-order valence-corrected chi connectivity index (χ1v) is 7.19. The van der Waals surface area contributed by atoms with Gasteiger partial charge >= 0.3 is 0 Å². The minimum absolute atomic E-state index is 0.0992. The van der Waals surface area contributed by atoms with Crippen molar-refractivity contribution in [3.63, 3.8) is 0 Å². The molecule has 0 saturated heterocycles. The molecule has 0 aliphatic heterocycles. The molecule has 0 radical (unpaired) electrons. The van der Waals surface area contributed by atoms with E-state index < -0.39 is 0 Å². The highest BCUT2D eigenvalue weighted by atomic mass is 16.3. The van der Waals surface area contributed by atoms with Gasteiger partial charge in [-0.05, 0) is 36.5 Å². The van der Waals surface area contributed by atoms with Crippen molar-refractivity contribution < 1.29 is 9.21 Å². The summed E-state index contributed by atoms with van der Waals surface area (Å²) >= 11 is 0. The maximum Gasteiger partial charge on any atom is 0.220 e. The highest BCUT2D eigenvalue weighted by Crippen LogP contribution is 2.40. The molecule has 3 rings (SSSR count). The topological polar surface area (TPSA) is 42.2 Å². The predicted molar refractivity (Wildman–Crippen MR) is 77.1 cm³/mol. The number of hydrogen-bond donors (Lipinski definition) is 1. The predicted octanol–water partition coefficient (Wildman–Crippen LogP) is 3.48. The molecule has 1 aromatic heterocycles. The normalized spacial score (nSPS) is 15.8. The molecule has 3 nitrogen and oxygen atoms in total. The highest BCUT2D eigenvalue weighted by Gasteiger charge is 2.33. The second kappa shape index (κ2) is 5.95. The lowest BCUT2D eigenvalue weighted by Crippen LogP contribution is -2.30. The molecule has 1 aliphatic rings. The Hall–Kier alpha value is -2.03. The summed E-state index contributed by atoms with van der Waals surface area (Å²) in [6.45, 7) is 0. The van der Waals surface area contributed by atoms with Gasteiger partial charge in [0.25, 0.3) is 0 Å². The van der Waals surface area contributed by atoms with E-state index in [0.717, 1.165) is 5.76 Å². The van der Waals surface area contributed by atoms with Crippen molar-refractivity contribution in [2.24, 2.45) is 5.92 Å². The van der Waals surface area contributed by atoms with Gasteiger partial charge in [0.15, 0.2) is 0 Å². The molecule has 1 aliphatic carbocycles. The molecule has 0 bridgehead atoms. The Bertz CT molecular complexity index is 544. The number of amides is 1. The summed E-state index contributed by atoms with van der Waals surface area (Å²) in [5.41, 5.74) is 1.21. The zero-order valence-electron chi connectivity index (χ0n) is 11.4. The van der Waals surface area contributed by atoms with Gasteiger partial charge in [-0.2, -0.15) is 0 Å². The Morgan fingerprint density at radius 3 is 2.65 bits per heavy atom. The van der Waals surface area contributed by atoms with Crippen LogP contribution in [-0.4, -0.2) is 5.91 Å². The molecule has 1 aromatic carbocycles. The van der Waals surface area contributed by atoms with E-state index in [1.54, 1.807) is 6.26 Å². The smallest absolute Gasteiger partial charge is 0.220 e. The number of rotatable bonds is 6. The molecule has 2 aromatic rings. The van der Waals surface area contributed by atoms with Crippen molar-refractivity contribution in [3.05, 3.63) is 60.1 Å². The number of carbonyl (C=O) groups excluding carboxylic acids is 1. The molecule has 1 heterocycles. The van der Waals surface area contributed by atoms with E-state index in [4.69, 9.17) is 4.42 Å². The van der Waals surface area contributed by atoms with Crippen LogP contribution >= 0.6 is 0 Å². The van der Waals surface area contributed by atoms with Crippen molar-refractivity contribution in [1.29, 1.82) is 0 Å². The summed E-state index contributed by atoms with van der Waals surface area (Å²) in [6.07, 6.45) is 5.19. The molecular weight excluding hydrogens is 250 g/mol. The third-order valence-corrected chi connectivity index (χ3v) is 3.75. The molecule has 0 spiro atoms. The van der Waals surface area contributed by atoms with Gasteiger partial charge in [-0.1, -0.05) is 30.3 Å². The van der Waals surface area contributed by atoms with Crippen LogP contribution in [0, 0.1) is 5.92 Å². The number of aryl methyl sites for hydroxylation is 1. The Balaban J connectivity index is 1.58. The summed E-state index contributed by atoms with van der Waals surface area (Å²) in [5, 5.41) is 3.18. The van der Waals surface area contributed by atoms with Gasteiger partial charge < -0.3 is 9.73 Å². The second-order valence-corrected chi connectivity index (χ2v) is 5.37. The van der Waals surface area contributed by atoms with Gasteiger partial charge in [-0.15, -0.1) is 0 Å². The minimum Gasteiger partial charge on any atom is -0.469 e. The van der Waals surface area contributed by atoms with Crippen LogP contribution in [-0.2, 0) is 11.2 Å². The average Bonchev–Trinajstić information content (AvgIpc) is 3.19. The number of carbonyl (C=O) groups is 1. The first kappa shape index (κ1) is 13.0. The Morgan fingerprint density at radius 2 is 2.00 bits per heavy atom. The molecule has 1 N–H and O–H groups in total. The fourth-order valence-corrected chi connectivity index (χ4v) is 2.50. The molecular formula is C17H19NO2. The first-order valence-electron chi connectivity index (χ1n) is 7.19. The number of furan rings is 1. The summed E-state index contributed by atoms with van der Waals surface area (Å²) < 4.78 is 5.25. The molecule has 1 atom stereocenters. The summed E-state index contributed by atoms with van der Waals surface area (Å²) in [4.78, 5) is 12.1. The van der Waals surface area contributed by atoms with E-state index in [0.29, 0.717) is 18.8 Å². The Kier molecular flexibility index (Phi) is 3.86. The van der Waals surface area contributed by atoms with Gasteiger partial charge in [0.1, 0.15) is 5.76 Å². The molecule has 20 heavy (non-hydrogen) atoms. The van der Waals surface area contributed by atoms with Gasteiger partial charge in [0.05, 0.1) is 12.3 Å². The minimum atomic E-state index is 0.0992. The maximum absolute atomic E-state index is 12.1. The SMILES string of the molecule is O=C(CCc1ccco1)NC(c1ccccc1)C1CC1. The average molecular weight is 269 g/mol. The monoisotopic (exact) mass is 269 g/mol. The lowest BCUT2D eigenvalue weighted by Gasteiger charge is -2.18. The van der Waals surface area contributed by atoms with Crippen LogP contribution in [0.1, 0.15) is 36.6 Å². The van der Waals surface area contributed by atoms with Crippen LogP contribution < -0.4 is 5.32 Å². The van der Waals surface area contributed by atoms with Gasteiger partial charge in [0.2, 0.25) is 5.91 Å². The quantitative estimate of drug-likeness (QED) is 0.872. The van der Waals surface area contributed by atoms with E-state index >= 15 is 0 Å². The van der Waals surface area contributed by atoms with Crippen LogP contribution in [0.25, 0.3) is 0 Å². The Morgan fingerprint density at radius 1 is 1.20 bits per heavy atom. The van der Waals surface area contributed by atoms with Gasteiger partial charge in [-0.3, -0.25) is 4.79 Å². The fraction of sp³-hybridized carbons (Fsp3) is 0.353. The van der Waals surface area contributed by atoms with Crippen molar-refractivity contribution in [3.8, 4) is 0 Å². The number of hydrogen-bond acceptors (Lipinski definition) is 2.